The van der Waals surface area contributed by atoms with Crippen LogP contribution in [-0.2, 0) is 0 Å². The zero-order chi connectivity index (χ0) is 11.3. The number of nitrogens with two attached hydrogens (primary N) is 1. The molecule has 1 heterocycles. The van der Waals surface area contributed by atoms with Gasteiger partial charge in [0.05, 0.1) is 0 Å². The minimum absolute atomic E-state index is 0.364. The largest absolute Gasteiger partial charge is 0.328 e. The van der Waals surface area contributed by atoms with Gasteiger partial charge >= 0.3 is 0 Å². The van der Waals surface area contributed by atoms with E-state index in [4.69, 9.17) is 5.73 Å². The Labute approximate surface area is 99.0 Å². The van der Waals surface area contributed by atoms with E-state index in [1.165, 1.54) is 38.2 Å². The van der Waals surface area contributed by atoms with Crippen LogP contribution in [0.2, 0.25) is 0 Å². The molecule has 1 aliphatic heterocycles. The molecule has 2 nitrogen and oxygen atoms in total. The normalized spacial score (nSPS) is 24.8. The Kier molecular flexibility index (Phi) is 5.44. The van der Waals surface area contributed by atoms with Crippen molar-refractivity contribution >= 4 is 11.8 Å². The molecule has 0 aliphatic carbocycles. The average molecular weight is 230 g/mol. The lowest BCUT2D eigenvalue weighted by Crippen LogP contribution is -2.29. The zero-order valence-corrected chi connectivity index (χ0v) is 11.3. The molecule has 1 saturated heterocycles. The molecular formula is C12H26N2S. The van der Waals surface area contributed by atoms with Gasteiger partial charge in [0.15, 0.2) is 0 Å². The maximum Gasteiger partial charge on any atom is 0.0116 e. The molecule has 1 fully saturated rings. The standard InChI is InChI=1S/C12H26N2S/c1-11(13)5-4-7-14-8-6-12(2,3)15-10-9-14/h11H,4-10,13H2,1-3H3. The van der Waals surface area contributed by atoms with Crippen molar-refractivity contribution in [3.05, 3.63) is 0 Å². The lowest BCUT2D eigenvalue weighted by Gasteiger charge is -2.22. The second-order valence-electron chi connectivity index (χ2n) is 5.32. The molecule has 0 radical (unpaired) electrons. The third-order valence-corrected chi connectivity index (χ3v) is 4.44. The van der Waals surface area contributed by atoms with Gasteiger partial charge in [0.2, 0.25) is 0 Å². The highest BCUT2D eigenvalue weighted by molar-refractivity contribution is 8.00. The summed E-state index contributed by atoms with van der Waals surface area (Å²) in [5.41, 5.74) is 5.76. The maximum absolute atomic E-state index is 5.76. The van der Waals surface area contributed by atoms with Crippen molar-refractivity contribution in [2.75, 3.05) is 25.4 Å². The minimum Gasteiger partial charge on any atom is -0.328 e. The Bertz CT molecular complexity index is 180. The van der Waals surface area contributed by atoms with Crippen LogP contribution in [0.15, 0.2) is 0 Å². The van der Waals surface area contributed by atoms with Gasteiger partial charge in [-0.25, -0.2) is 0 Å². The van der Waals surface area contributed by atoms with Crippen LogP contribution in [0.5, 0.6) is 0 Å². The van der Waals surface area contributed by atoms with E-state index in [2.05, 4.69) is 37.4 Å². The molecule has 1 unspecified atom stereocenters. The van der Waals surface area contributed by atoms with E-state index in [1.807, 2.05) is 0 Å². The monoisotopic (exact) mass is 230 g/mol. The van der Waals surface area contributed by atoms with Crippen molar-refractivity contribution in [2.24, 2.45) is 5.73 Å². The number of hydrogen-bond donors (Lipinski definition) is 1. The third kappa shape index (κ3) is 5.79. The number of nitrogens with zero attached hydrogens (tertiary/aromatic N) is 1. The van der Waals surface area contributed by atoms with Crippen molar-refractivity contribution in [1.29, 1.82) is 0 Å². The van der Waals surface area contributed by atoms with Crippen LogP contribution in [-0.4, -0.2) is 41.1 Å². The van der Waals surface area contributed by atoms with Crippen LogP contribution in [0, 0.1) is 0 Å². The second-order valence-corrected chi connectivity index (χ2v) is 7.12. The fourth-order valence-electron chi connectivity index (χ4n) is 1.92. The topological polar surface area (TPSA) is 29.3 Å². The quantitative estimate of drug-likeness (QED) is 0.804. The van der Waals surface area contributed by atoms with Gasteiger partial charge in [-0.3, -0.25) is 0 Å². The highest BCUT2D eigenvalue weighted by atomic mass is 32.2. The van der Waals surface area contributed by atoms with E-state index in [1.54, 1.807) is 0 Å². The highest BCUT2D eigenvalue weighted by Crippen LogP contribution is 2.30. The Morgan fingerprint density at radius 3 is 2.80 bits per heavy atom. The molecule has 90 valence electrons. The molecule has 0 amide bonds. The predicted octanol–water partition coefficient (Wildman–Crippen LogP) is 2.33. The SMILES string of the molecule is CC(N)CCCN1CCSC(C)(C)CC1. The number of rotatable bonds is 4. The first-order valence-electron chi connectivity index (χ1n) is 6.11. The lowest BCUT2D eigenvalue weighted by molar-refractivity contribution is 0.276. The molecule has 0 aromatic rings. The molecule has 1 rings (SSSR count). The molecule has 1 aliphatic rings. The van der Waals surface area contributed by atoms with Crippen molar-refractivity contribution in [2.45, 2.75) is 50.8 Å². The second kappa shape index (κ2) is 6.12. The van der Waals surface area contributed by atoms with Crippen LogP contribution in [0.1, 0.15) is 40.0 Å². The summed E-state index contributed by atoms with van der Waals surface area (Å²) in [6.45, 7) is 10.6. The summed E-state index contributed by atoms with van der Waals surface area (Å²) in [5, 5.41) is 0. The summed E-state index contributed by atoms with van der Waals surface area (Å²) < 4.78 is 0.482. The number of hydrogen-bond acceptors (Lipinski definition) is 3. The van der Waals surface area contributed by atoms with Gasteiger partial charge in [-0.1, -0.05) is 13.8 Å². The maximum atomic E-state index is 5.76. The summed E-state index contributed by atoms with van der Waals surface area (Å²) in [4.78, 5) is 2.60. The summed E-state index contributed by atoms with van der Waals surface area (Å²) in [5.74, 6) is 1.28. The Morgan fingerprint density at radius 1 is 1.40 bits per heavy atom. The molecule has 15 heavy (non-hydrogen) atoms. The molecule has 0 bridgehead atoms. The van der Waals surface area contributed by atoms with Gasteiger partial charge in [-0.05, 0) is 39.3 Å². The zero-order valence-electron chi connectivity index (χ0n) is 10.5. The third-order valence-electron chi connectivity index (χ3n) is 3.06. The van der Waals surface area contributed by atoms with Crippen molar-refractivity contribution < 1.29 is 0 Å². The highest BCUT2D eigenvalue weighted by Gasteiger charge is 2.23. The van der Waals surface area contributed by atoms with Gasteiger partial charge in [-0.2, -0.15) is 11.8 Å². The van der Waals surface area contributed by atoms with Crippen LogP contribution >= 0.6 is 11.8 Å². The van der Waals surface area contributed by atoms with Gasteiger partial charge in [0, 0.05) is 23.1 Å². The first kappa shape index (κ1) is 13.3. The van der Waals surface area contributed by atoms with E-state index in [9.17, 15) is 0 Å². The summed E-state index contributed by atoms with van der Waals surface area (Å²) in [7, 11) is 0. The van der Waals surface area contributed by atoms with Gasteiger partial charge in [-0.15, -0.1) is 0 Å². The van der Waals surface area contributed by atoms with Gasteiger partial charge < -0.3 is 10.6 Å². The van der Waals surface area contributed by atoms with Crippen molar-refractivity contribution in [3.8, 4) is 0 Å². The fraction of sp³-hybridized carbons (Fsp3) is 1.00. The van der Waals surface area contributed by atoms with Crippen LogP contribution < -0.4 is 5.73 Å². The Balaban J connectivity index is 2.20. The van der Waals surface area contributed by atoms with Crippen LogP contribution in [0.25, 0.3) is 0 Å². The van der Waals surface area contributed by atoms with E-state index in [0.29, 0.717) is 10.8 Å². The van der Waals surface area contributed by atoms with Gasteiger partial charge in [0.1, 0.15) is 0 Å². The van der Waals surface area contributed by atoms with Crippen molar-refractivity contribution in [3.63, 3.8) is 0 Å². The first-order valence-corrected chi connectivity index (χ1v) is 7.10. The van der Waals surface area contributed by atoms with Crippen LogP contribution in [0.3, 0.4) is 0 Å². The molecular weight excluding hydrogens is 204 g/mol. The van der Waals surface area contributed by atoms with E-state index in [0.717, 1.165) is 6.42 Å². The summed E-state index contributed by atoms with van der Waals surface area (Å²) in [6.07, 6.45) is 3.73. The van der Waals surface area contributed by atoms with E-state index in [-0.39, 0.29) is 0 Å². The summed E-state index contributed by atoms with van der Waals surface area (Å²) >= 11 is 2.12. The predicted molar refractivity (Wildman–Crippen MR) is 70.5 cm³/mol. The molecule has 1 atom stereocenters. The number of thioether (sulfide) groups is 1. The molecule has 0 aromatic heterocycles. The average Bonchev–Trinajstić information content (AvgIpc) is 2.27. The lowest BCUT2D eigenvalue weighted by atomic mass is 10.1. The van der Waals surface area contributed by atoms with Crippen LogP contribution in [0.4, 0.5) is 0 Å². The molecule has 0 spiro atoms. The smallest absolute Gasteiger partial charge is 0.0116 e. The fourth-order valence-corrected chi connectivity index (χ4v) is 3.06. The molecule has 3 heteroatoms. The molecule has 0 saturated carbocycles. The summed E-state index contributed by atoms with van der Waals surface area (Å²) in [6, 6.07) is 0.364. The van der Waals surface area contributed by atoms with Gasteiger partial charge in [0.25, 0.3) is 0 Å². The van der Waals surface area contributed by atoms with E-state index < -0.39 is 0 Å². The Morgan fingerprint density at radius 2 is 2.13 bits per heavy atom. The van der Waals surface area contributed by atoms with Crippen molar-refractivity contribution in [1.82, 2.24) is 4.90 Å². The van der Waals surface area contributed by atoms with E-state index >= 15 is 0 Å². The Hall–Kier alpha value is 0.270. The molecule has 0 aromatic carbocycles. The molecule has 2 N–H and O–H groups in total. The first-order chi connectivity index (χ1) is 6.99. The minimum atomic E-state index is 0.364.